The molecule has 1 rings (SSSR count). The molecule has 5 nitrogen and oxygen atoms in total. The Morgan fingerprint density at radius 3 is 2.70 bits per heavy atom. The third-order valence-corrected chi connectivity index (χ3v) is 3.24. The summed E-state index contributed by atoms with van der Waals surface area (Å²) in [6.07, 6.45) is 1.94. The lowest BCUT2D eigenvalue weighted by Crippen LogP contribution is -2.23. The molecule has 0 unspecified atom stereocenters. The fourth-order valence-corrected chi connectivity index (χ4v) is 1.92. The second-order valence-corrected chi connectivity index (χ2v) is 5.48. The van der Waals surface area contributed by atoms with Crippen LogP contribution in [-0.4, -0.2) is 39.4 Å². The van der Waals surface area contributed by atoms with E-state index in [9.17, 15) is 0 Å². The van der Waals surface area contributed by atoms with Crippen LogP contribution in [0.2, 0.25) is 0 Å². The van der Waals surface area contributed by atoms with E-state index in [0.29, 0.717) is 31.6 Å². The molecule has 0 saturated heterocycles. The highest BCUT2D eigenvalue weighted by Gasteiger charge is 2.01. The van der Waals surface area contributed by atoms with E-state index in [1.165, 1.54) is 5.56 Å². The number of unbranched alkanes of at least 4 members (excludes halogenated alkanes) is 1. The molecular weight excluding hydrogens is 405 g/mol. The van der Waals surface area contributed by atoms with Crippen molar-refractivity contribution in [3.8, 4) is 0 Å². The third kappa shape index (κ3) is 10.5. The minimum absolute atomic E-state index is 0. The van der Waals surface area contributed by atoms with Crippen LogP contribution < -0.4 is 11.1 Å². The van der Waals surface area contributed by atoms with E-state index in [1.807, 2.05) is 12.1 Å². The minimum atomic E-state index is 0. The number of hydrogen-bond acceptors (Lipinski definition) is 3. The molecule has 0 saturated carbocycles. The number of nitrogens with two attached hydrogens (primary N) is 1. The van der Waals surface area contributed by atoms with Gasteiger partial charge in [-0.2, -0.15) is 0 Å². The summed E-state index contributed by atoms with van der Waals surface area (Å²) in [4.78, 5) is 4.33. The molecule has 1 aromatic carbocycles. The van der Waals surface area contributed by atoms with Gasteiger partial charge in [0.05, 0.1) is 13.2 Å². The molecule has 0 aromatic heterocycles. The zero-order valence-electron chi connectivity index (χ0n) is 14.4. The van der Waals surface area contributed by atoms with Crippen LogP contribution in [0.5, 0.6) is 0 Å². The summed E-state index contributed by atoms with van der Waals surface area (Å²) < 4.78 is 10.3. The van der Waals surface area contributed by atoms with Crippen molar-refractivity contribution in [3.63, 3.8) is 0 Å². The molecule has 0 heterocycles. The van der Waals surface area contributed by atoms with E-state index in [4.69, 9.17) is 15.2 Å². The maximum atomic E-state index is 5.90. The lowest BCUT2D eigenvalue weighted by Gasteiger charge is -2.10. The molecule has 6 heteroatoms. The smallest absolute Gasteiger partial charge is 0.193 e. The van der Waals surface area contributed by atoms with Crippen LogP contribution in [-0.2, 0) is 9.47 Å². The Morgan fingerprint density at radius 1 is 1.22 bits per heavy atom. The number of rotatable bonds is 10. The maximum absolute atomic E-state index is 5.90. The van der Waals surface area contributed by atoms with Crippen LogP contribution in [0.25, 0.3) is 0 Å². The van der Waals surface area contributed by atoms with Gasteiger partial charge < -0.3 is 20.5 Å². The summed E-state index contributed by atoms with van der Waals surface area (Å²) >= 11 is 0. The molecule has 132 valence electrons. The van der Waals surface area contributed by atoms with Crippen LogP contribution in [0.3, 0.4) is 0 Å². The van der Waals surface area contributed by atoms with Crippen molar-refractivity contribution in [2.24, 2.45) is 10.7 Å². The highest BCUT2D eigenvalue weighted by Crippen LogP contribution is 2.18. The summed E-state index contributed by atoms with van der Waals surface area (Å²) in [5, 5.41) is 3.14. The Balaban J connectivity index is 0.00000484. The van der Waals surface area contributed by atoms with Crippen LogP contribution in [0.15, 0.2) is 29.3 Å². The number of ether oxygens (including phenoxy) is 2. The van der Waals surface area contributed by atoms with E-state index in [-0.39, 0.29) is 24.0 Å². The number of halogens is 1. The number of nitrogens with zero attached hydrogens (tertiary/aromatic N) is 1. The first-order valence-corrected chi connectivity index (χ1v) is 7.87. The zero-order valence-corrected chi connectivity index (χ0v) is 16.7. The molecule has 0 fully saturated rings. The second kappa shape index (κ2) is 13.6. The number of aliphatic imine (C=N–C) groups is 1. The van der Waals surface area contributed by atoms with Gasteiger partial charge >= 0.3 is 0 Å². The molecule has 0 atom stereocenters. The summed E-state index contributed by atoms with van der Waals surface area (Å²) in [5.41, 5.74) is 8.17. The number of benzene rings is 1. The normalized spacial score (nSPS) is 11.4. The first-order valence-electron chi connectivity index (χ1n) is 7.87. The topological polar surface area (TPSA) is 68.9 Å². The Kier molecular flexibility index (Phi) is 13.1. The van der Waals surface area contributed by atoms with Gasteiger partial charge in [-0.05, 0) is 36.5 Å². The number of guanidine groups is 1. The summed E-state index contributed by atoms with van der Waals surface area (Å²) in [6, 6.07) is 8.25. The second-order valence-electron chi connectivity index (χ2n) is 5.48. The largest absolute Gasteiger partial charge is 0.382 e. The van der Waals surface area contributed by atoms with Crippen LogP contribution in [0.4, 0.5) is 5.69 Å². The fourth-order valence-electron chi connectivity index (χ4n) is 1.92. The lowest BCUT2D eigenvalue weighted by molar-refractivity contribution is 0.0690. The van der Waals surface area contributed by atoms with Gasteiger partial charge in [-0.3, -0.25) is 4.99 Å². The van der Waals surface area contributed by atoms with Gasteiger partial charge in [0, 0.05) is 25.9 Å². The van der Waals surface area contributed by atoms with Gasteiger partial charge in [0.25, 0.3) is 0 Å². The predicted octanol–water partition coefficient (Wildman–Crippen LogP) is 3.60. The molecule has 0 aliphatic rings. The SMILES string of the molecule is COCCOCCCCN=C(N)Nc1cccc(C(C)C)c1.I. The Bertz CT molecular complexity index is 453. The summed E-state index contributed by atoms with van der Waals surface area (Å²) in [5.74, 6) is 0.958. The van der Waals surface area contributed by atoms with Crippen molar-refractivity contribution in [1.82, 2.24) is 0 Å². The average Bonchev–Trinajstić information content (AvgIpc) is 2.50. The highest BCUT2D eigenvalue weighted by atomic mass is 127. The van der Waals surface area contributed by atoms with Crippen molar-refractivity contribution >= 4 is 35.6 Å². The Hall–Kier alpha value is -0.860. The molecule has 0 bridgehead atoms. The molecule has 0 spiro atoms. The van der Waals surface area contributed by atoms with E-state index in [2.05, 4.69) is 36.3 Å². The number of nitrogens with one attached hydrogen (secondary N) is 1. The van der Waals surface area contributed by atoms with E-state index >= 15 is 0 Å². The van der Waals surface area contributed by atoms with Gasteiger partial charge in [-0.1, -0.05) is 26.0 Å². The van der Waals surface area contributed by atoms with E-state index < -0.39 is 0 Å². The monoisotopic (exact) mass is 435 g/mol. The molecule has 0 aliphatic heterocycles. The van der Waals surface area contributed by atoms with Crippen LogP contribution >= 0.6 is 24.0 Å². The molecular formula is C17H30IN3O2. The van der Waals surface area contributed by atoms with Gasteiger partial charge in [-0.25, -0.2) is 0 Å². The Labute approximate surface area is 157 Å². The average molecular weight is 435 g/mol. The van der Waals surface area contributed by atoms with E-state index in [1.54, 1.807) is 7.11 Å². The van der Waals surface area contributed by atoms with Crippen molar-refractivity contribution < 1.29 is 9.47 Å². The first-order chi connectivity index (χ1) is 10.6. The first kappa shape index (κ1) is 22.1. The van der Waals surface area contributed by atoms with Gasteiger partial charge in [0.1, 0.15) is 0 Å². The minimum Gasteiger partial charge on any atom is -0.382 e. The molecule has 0 amide bonds. The van der Waals surface area contributed by atoms with Crippen LogP contribution in [0.1, 0.15) is 38.2 Å². The number of methoxy groups -OCH3 is 1. The molecule has 0 aliphatic carbocycles. The summed E-state index contributed by atoms with van der Waals surface area (Å²) in [7, 11) is 1.67. The van der Waals surface area contributed by atoms with Gasteiger partial charge in [-0.15, -0.1) is 24.0 Å². The molecule has 23 heavy (non-hydrogen) atoms. The van der Waals surface area contributed by atoms with Crippen LogP contribution in [0, 0.1) is 0 Å². The van der Waals surface area contributed by atoms with Crippen molar-refractivity contribution in [2.75, 3.05) is 38.8 Å². The summed E-state index contributed by atoms with van der Waals surface area (Å²) in [6.45, 7) is 7.08. The maximum Gasteiger partial charge on any atom is 0.193 e. The van der Waals surface area contributed by atoms with Crippen molar-refractivity contribution in [1.29, 1.82) is 0 Å². The number of anilines is 1. The van der Waals surface area contributed by atoms with Crippen molar-refractivity contribution in [3.05, 3.63) is 29.8 Å². The molecule has 3 N–H and O–H groups in total. The standard InChI is InChI=1S/C17H29N3O2.HI/c1-14(2)15-7-6-8-16(13-15)20-17(18)19-9-4-5-10-22-12-11-21-3;/h6-8,13-14H,4-5,9-12H2,1-3H3,(H3,18,19,20);1H. The zero-order chi connectivity index (χ0) is 16.2. The quantitative estimate of drug-likeness (QED) is 0.255. The third-order valence-electron chi connectivity index (χ3n) is 3.24. The lowest BCUT2D eigenvalue weighted by atomic mass is 10.0. The molecule has 1 aromatic rings. The van der Waals surface area contributed by atoms with Gasteiger partial charge in [0.2, 0.25) is 0 Å². The van der Waals surface area contributed by atoms with E-state index in [0.717, 1.165) is 25.1 Å². The Morgan fingerprint density at radius 2 is 2.00 bits per heavy atom. The molecule has 0 radical (unpaired) electrons. The highest BCUT2D eigenvalue weighted by molar-refractivity contribution is 14.0. The number of hydrogen-bond donors (Lipinski definition) is 2. The predicted molar refractivity (Wildman–Crippen MR) is 108 cm³/mol. The fraction of sp³-hybridized carbons (Fsp3) is 0.588. The van der Waals surface area contributed by atoms with Gasteiger partial charge in [0.15, 0.2) is 5.96 Å². The van der Waals surface area contributed by atoms with Crippen molar-refractivity contribution in [2.45, 2.75) is 32.6 Å².